The lowest BCUT2D eigenvalue weighted by molar-refractivity contribution is 0.513. The molecule has 2 aromatic rings. The highest BCUT2D eigenvalue weighted by molar-refractivity contribution is 7.23. The third kappa shape index (κ3) is 10.6. The lowest BCUT2D eigenvalue weighted by atomic mass is 9.99. The monoisotopic (exact) mass is 388 g/mol. The number of aryl methyl sites for hydroxylation is 2. The molecule has 0 unspecified atom stereocenters. The van der Waals surface area contributed by atoms with Crippen LogP contribution in [0.3, 0.4) is 0 Å². The molecule has 0 radical (unpaired) electrons. The zero-order valence-electron chi connectivity index (χ0n) is 17.1. The van der Waals surface area contributed by atoms with Gasteiger partial charge in [0.2, 0.25) is 0 Å². The quantitative estimate of drug-likeness (QED) is 0.319. The van der Waals surface area contributed by atoms with Gasteiger partial charge in [-0.3, -0.25) is 0 Å². The summed E-state index contributed by atoms with van der Waals surface area (Å²) in [5.41, 5.74) is 5.62. The second kappa shape index (κ2) is 15.8. The molecule has 2 N–H and O–H groups in total. The van der Waals surface area contributed by atoms with Gasteiger partial charge in [0.05, 0.1) is 0 Å². The first-order valence-corrected chi connectivity index (χ1v) is 11.4. The fraction of sp³-hybridized carbons (Fsp3) is 0.500. The first-order valence-electron chi connectivity index (χ1n) is 10.5. The molecule has 0 aliphatic rings. The predicted octanol–water partition coefficient (Wildman–Crippen LogP) is 7.08. The molecule has 3 heteroatoms. The van der Waals surface area contributed by atoms with E-state index in [1.54, 1.807) is 0 Å². The maximum Gasteiger partial charge on any atom is 0.149 e. The third-order valence-corrected chi connectivity index (χ3v) is 4.88. The molecule has 0 heterocycles. The zero-order valence-corrected chi connectivity index (χ0v) is 18.1. The molecule has 0 aliphatic carbocycles. The molecule has 0 aliphatic heterocycles. The second-order valence-electron chi connectivity index (χ2n) is 7.12. The molecule has 0 bridgehead atoms. The Labute approximate surface area is 168 Å². The summed E-state index contributed by atoms with van der Waals surface area (Å²) in [5.74, 6) is 0. The van der Waals surface area contributed by atoms with Crippen LogP contribution in [0.4, 0.5) is 0 Å². The maximum atomic E-state index is 7.15. The van der Waals surface area contributed by atoms with Gasteiger partial charge < -0.3 is 9.79 Å². The van der Waals surface area contributed by atoms with Crippen molar-refractivity contribution < 1.29 is 9.79 Å². The van der Waals surface area contributed by atoms with Gasteiger partial charge in [0.1, 0.15) is 9.03 Å². The van der Waals surface area contributed by atoms with Crippen LogP contribution in [0.5, 0.6) is 0 Å². The van der Waals surface area contributed by atoms with Gasteiger partial charge in [-0.05, 0) is 47.9 Å². The largest absolute Gasteiger partial charge is 0.352 e. The summed E-state index contributed by atoms with van der Waals surface area (Å²) in [6.07, 6.45) is 13.1. The molecule has 0 saturated carbocycles. The number of hydrogen-bond donors (Lipinski definition) is 2. The van der Waals surface area contributed by atoms with E-state index in [9.17, 15) is 0 Å². The van der Waals surface area contributed by atoms with Crippen LogP contribution < -0.4 is 0 Å². The van der Waals surface area contributed by atoms with Gasteiger partial charge in [-0.2, -0.15) is 0 Å². The highest BCUT2D eigenvalue weighted by Crippen LogP contribution is 2.22. The van der Waals surface area contributed by atoms with Crippen LogP contribution in [-0.2, 0) is 12.8 Å². The summed E-state index contributed by atoms with van der Waals surface area (Å²) in [7, 11) is -0.917. The third-order valence-electron chi connectivity index (χ3n) is 4.88. The van der Waals surface area contributed by atoms with Crippen molar-refractivity contribution in [3.05, 3.63) is 59.7 Å². The molecule has 27 heavy (non-hydrogen) atoms. The topological polar surface area (TPSA) is 40.5 Å². The summed E-state index contributed by atoms with van der Waals surface area (Å²) >= 11 is 0. The molecule has 0 amide bonds. The minimum absolute atomic E-state index is 0.917. The summed E-state index contributed by atoms with van der Waals surface area (Å²) in [6.45, 7) is 4.54. The van der Waals surface area contributed by atoms with E-state index in [-0.39, 0.29) is 0 Å². The van der Waals surface area contributed by atoms with Crippen molar-refractivity contribution in [2.45, 2.75) is 78.1 Å². The first-order chi connectivity index (χ1) is 13.2. The minimum Gasteiger partial charge on any atom is -0.352 e. The Morgan fingerprint density at radius 1 is 0.556 bits per heavy atom. The summed E-state index contributed by atoms with van der Waals surface area (Å²) in [5, 5.41) is 0. The molecule has 0 saturated heterocycles. The molecular weight excluding hydrogens is 351 g/mol. The van der Waals surface area contributed by atoms with E-state index in [4.69, 9.17) is 9.79 Å². The van der Waals surface area contributed by atoms with Crippen LogP contribution in [0.1, 0.15) is 76.3 Å². The van der Waals surface area contributed by atoms with Crippen molar-refractivity contribution in [1.29, 1.82) is 0 Å². The molecule has 2 aromatic carbocycles. The van der Waals surface area contributed by atoms with Crippen LogP contribution >= 0.6 is 9.03 Å². The highest BCUT2D eigenvalue weighted by atomic mass is 31.1. The van der Waals surface area contributed by atoms with Crippen LogP contribution in [0.2, 0.25) is 0 Å². The molecule has 0 fully saturated rings. The highest BCUT2D eigenvalue weighted by Gasteiger charge is 2.00. The molecule has 0 spiro atoms. The van der Waals surface area contributed by atoms with Crippen molar-refractivity contribution in [1.82, 2.24) is 0 Å². The van der Waals surface area contributed by atoms with Gasteiger partial charge in [-0.15, -0.1) is 0 Å². The lowest BCUT2D eigenvalue weighted by Gasteiger charge is -2.07. The molecule has 2 rings (SSSR count). The Kier molecular flexibility index (Phi) is 14.0. The van der Waals surface area contributed by atoms with E-state index in [2.05, 4.69) is 62.4 Å². The SMILES string of the molecule is CCCCCCc1ccc(-c2ccc(CCCCCC)cc2)cc1.OPO. The average Bonchev–Trinajstić information content (AvgIpc) is 2.70. The molecule has 0 atom stereocenters. The van der Waals surface area contributed by atoms with Crippen LogP contribution in [0.15, 0.2) is 48.5 Å². The van der Waals surface area contributed by atoms with Gasteiger partial charge in [-0.1, -0.05) is 101 Å². The van der Waals surface area contributed by atoms with Gasteiger partial charge in [0, 0.05) is 0 Å². The van der Waals surface area contributed by atoms with Gasteiger partial charge in [-0.25, -0.2) is 0 Å². The number of unbranched alkanes of at least 4 members (excludes halogenated alkanes) is 6. The number of benzene rings is 2. The fourth-order valence-corrected chi connectivity index (χ4v) is 3.24. The van der Waals surface area contributed by atoms with Gasteiger partial charge in [0.25, 0.3) is 0 Å². The van der Waals surface area contributed by atoms with Crippen molar-refractivity contribution in [2.24, 2.45) is 0 Å². The Bertz CT molecular complexity index is 525. The van der Waals surface area contributed by atoms with Crippen LogP contribution in [-0.4, -0.2) is 9.79 Å². The Balaban J connectivity index is 0.00000114. The van der Waals surface area contributed by atoms with E-state index in [0.29, 0.717) is 0 Å². The number of hydrogen-bond acceptors (Lipinski definition) is 2. The van der Waals surface area contributed by atoms with Crippen LogP contribution in [0.25, 0.3) is 11.1 Å². The minimum atomic E-state index is -0.917. The maximum absolute atomic E-state index is 7.15. The smallest absolute Gasteiger partial charge is 0.149 e. The standard InChI is InChI=1S/C24H34.H3O2P/c1-3-5-7-9-11-21-13-17-23(18-14-21)24-19-15-22(16-20-24)12-10-8-6-4-2;1-3-2/h13-20H,3-12H2,1-2H3;1-3H. The zero-order chi connectivity index (χ0) is 19.7. The van der Waals surface area contributed by atoms with Crippen molar-refractivity contribution >= 4 is 9.03 Å². The second-order valence-corrected chi connectivity index (χ2v) is 7.32. The summed E-state index contributed by atoms with van der Waals surface area (Å²) in [6, 6.07) is 18.4. The Hall–Kier alpha value is -1.21. The summed E-state index contributed by atoms with van der Waals surface area (Å²) in [4.78, 5) is 14.3. The molecule has 2 nitrogen and oxygen atoms in total. The normalized spacial score (nSPS) is 10.4. The molecule has 150 valence electrons. The average molecular weight is 389 g/mol. The van der Waals surface area contributed by atoms with Gasteiger partial charge >= 0.3 is 0 Å². The molecule has 0 aromatic heterocycles. The van der Waals surface area contributed by atoms with Gasteiger partial charge in [0.15, 0.2) is 0 Å². The fourth-order valence-electron chi connectivity index (χ4n) is 3.24. The van der Waals surface area contributed by atoms with Crippen molar-refractivity contribution in [2.75, 3.05) is 0 Å². The van der Waals surface area contributed by atoms with E-state index in [1.165, 1.54) is 86.5 Å². The predicted molar refractivity (Wildman–Crippen MR) is 120 cm³/mol. The first kappa shape index (κ1) is 23.8. The lowest BCUT2D eigenvalue weighted by Crippen LogP contribution is -1.88. The Morgan fingerprint density at radius 2 is 0.889 bits per heavy atom. The molecular formula is C24H37O2P. The van der Waals surface area contributed by atoms with Crippen molar-refractivity contribution in [3.8, 4) is 11.1 Å². The van der Waals surface area contributed by atoms with Crippen molar-refractivity contribution in [3.63, 3.8) is 0 Å². The van der Waals surface area contributed by atoms with E-state index in [1.807, 2.05) is 0 Å². The van der Waals surface area contributed by atoms with E-state index >= 15 is 0 Å². The number of rotatable bonds is 11. The van der Waals surface area contributed by atoms with Crippen LogP contribution in [0, 0.1) is 0 Å². The van der Waals surface area contributed by atoms with E-state index < -0.39 is 9.03 Å². The van der Waals surface area contributed by atoms with E-state index in [0.717, 1.165) is 0 Å². The Morgan fingerprint density at radius 3 is 1.19 bits per heavy atom. The summed E-state index contributed by atoms with van der Waals surface area (Å²) < 4.78 is 0.